The first-order valence-electron chi connectivity index (χ1n) is 5.00. The number of rotatable bonds is 3. The lowest BCUT2D eigenvalue weighted by Gasteiger charge is -2.27. The molecule has 3 N–H and O–H groups in total. The van der Waals surface area contributed by atoms with Crippen molar-refractivity contribution < 1.29 is 0 Å². The van der Waals surface area contributed by atoms with Crippen LogP contribution in [0.1, 0.15) is 12.0 Å². The van der Waals surface area contributed by atoms with Gasteiger partial charge in [0.25, 0.3) is 0 Å². The normalized spacial score (nSPS) is 16.6. The molecule has 14 heavy (non-hydrogen) atoms. The van der Waals surface area contributed by atoms with Crippen molar-refractivity contribution in [3.8, 4) is 0 Å². The molecule has 1 aliphatic heterocycles. The summed E-state index contributed by atoms with van der Waals surface area (Å²) in [5.74, 6) is 0.855. The molecule has 0 unspecified atom stereocenters. The van der Waals surface area contributed by atoms with E-state index in [-0.39, 0.29) is 0 Å². The summed E-state index contributed by atoms with van der Waals surface area (Å²) in [6, 6.07) is 6.09. The number of hydrogen-bond acceptors (Lipinski definition) is 2. The van der Waals surface area contributed by atoms with E-state index in [1.165, 1.54) is 25.1 Å². The van der Waals surface area contributed by atoms with Gasteiger partial charge in [0.1, 0.15) is 0 Å². The monoisotopic (exact) mass is 254 g/mol. The van der Waals surface area contributed by atoms with Gasteiger partial charge in [-0.05, 0) is 55.6 Å². The zero-order valence-electron chi connectivity index (χ0n) is 8.09. The van der Waals surface area contributed by atoms with Crippen molar-refractivity contribution >= 4 is 21.6 Å². The molecule has 1 heterocycles. The Morgan fingerprint density at radius 3 is 2.86 bits per heavy atom. The Balaban J connectivity index is 1.96. The van der Waals surface area contributed by atoms with Gasteiger partial charge in [0, 0.05) is 10.2 Å². The second-order valence-electron chi connectivity index (χ2n) is 3.91. The molecule has 0 atom stereocenters. The quantitative estimate of drug-likeness (QED) is 0.812. The fourth-order valence-corrected chi connectivity index (χ4v) is 2.11. The first kappa shape index (κ1) is 9.99. The number of aryl methyl sites for hydroxylation is 1. The average molecular weight is 255 g/mol. The lowest BCUT2D eigenvalue weighted by molar-refractivity contribution is 0.328. The number of anilines is 1. The van der Waals surface area contributed by atoms with Crippen LogP contribution in [0.3, 0.4) is 0 Å². The van der Waals surface area contributed by atoms with Gasteiger partial charge in [-0.25, -0.2) is 0 Å². The molecule has 0 radical (unpaired) electrons. The van der Waals surface area contributed by atoms with Crippen LogP contribution in [0.2, 0.25) is 0 Å². The molecule has 0 amide bonds. The highest BCUT2D eigenvalue weighted by atomic mass is 79.9. The maximum atomic E-state index is 5.90. The number of nitrogen functional groups attached to an aromatic ring is 1. The summed E-state index contributed by atoms with van der Waals surface area (Å²) in [6.07, 6.45) is 2.34. The van der Waals surface area contributed by atoms with Crippen molar-refractivity contribution in [2.24, 2.45) is 5.92 Å². The molecular formula is C11H15BrN2. The third kappa shape index (κ3) is 2.28. The molecule has 0 aliphatic carbocycles. The van der Waals surface area contributed by atoms with Gasteiger partial charge >= 0.3 is 0 Å². The van der Waals surface area contributed by atoms with Gasteiger partial charge in [0.2, 0.25) is 0 Å². The molecule has 1 fully saturated rings. The highest BCUT2D eigenvalue weighted by Crippen LogP contribution is 2.22. The minimum absolute atomic E-state index is 0.855. The fourth-order valence-electron chi connectivity index (χ4n) is 1.70. The maximum absolute atomic E-state index is 5.90. The Bertz CT molecular complexity index is 321. The molecular weight excluding hydrogens is 240 g/mol. The smallest absolute Gasteiger partial charge is 0.0347 e. The van der Waals surface area contributed by atoms with Crippen LogP contribution in [0.15, 0.2) is 22.7 Å². The summed E-state index contributed by atoms with van der Waals surface area (Å²) in [4.78, 5) is 0. The molecule has 1 aromatic rings. The molecule has 0 bridgehead atoms. The molecule has 0 saturated carbocycles. The van der Waals surface area contributed by atoms with E-state index in [4.69, 9.17) is 5.73 Å². The van der Waals surface area contributed by atoms with Gasteiger partial charge in [-0.15, -0.1) is 0 Å². The van der Waals surface area contributed by atoms with Gasteiger partial charge in [0.05, 0.1) is 0 Å². The molecule has 1 saturated heterocycles. The van der Waals surface area contributed by atoms with Crippen LogP contribution < -0.4 is 11.1 Å². The third-order valence-corrected chi connectivity index (χ3v) is 3.29. The molecule has 2 nitrogen and oxygen atoms in total. The second-order valence-corrected chi connectivity index (χ2v) is 4.82. The van der Waals surface area contributed by atoms with Crippen LogP contribution in [-0.2, 0) is 6.42 Å². The molecule has 0 aromatic heterocycles. The first-order valence-corrected chi connectivity index (χ1v) is 5.79. The van der Waals surface area contributed by atoms with Crippen LogP contribution >= 0.6 is 15.9 Å². The Hall–Kier alpha value is -0.540. The summed E-state index contributed by atoms with van der Waals surface area (Å²) in [6.45, 7) is 2.35. The predicted molar refractivity (Wildman–Crippen MR) is 63.2 cm³/mol. The van der Waals surface area contributed by atoms with E-state index in [2.05, 4.69) is 27.3 Å². The summed E-state index contributed by atoms with van der Waals surface area (Å²) in [5, 5.41) is 3.28. The zero-order valence-corrected chi connectivity index (χ0v) is 9.68. The van der Waals surface area contributed by atoms with E-state index in [0.29, 0.717) is 0 Å². The minimum atomic E-state index is 0.855. The average Bonchev–Trinajstić information content (AvgIpc) is 2.08. The Labute approximate surface area is 93.0 Å². The van der Waals surface area contributed by atoms with Crippen LogP contribution in [0.5, 0.6) is 0 Å². The van der Waals surface area contributed by atoms with E-state index in [1.54, 1.807) is 0 Å². The second kappa shape index (κ2) is 4.32. The maximum Gasteiger partial charge on any atom is 0.0347 e. The van der Waals surface area contributed by atoms with Crippen molar-refractivity contribution in [3.63, 3.8) is 0 Å². The molecule has 2 rings (SSSR count). The van der Waals surface area contributed by atoms with E-state index >= 15 is 0 Å². The molecule has 76 valence electrons. The van der Waals surface area contributed by atoms with Crippen molar-refractivity contribution in [2.75, 3.05) is 18.8 Å². The summed E-state index contributed by atoms with van der Waals surface area (Å²) >= 11 is 3.47. The highest BCUT2D eigenvalue weighted by Gasteiger charge is 2.16. The van der Waals surface area contributed by atoms with Crippen LogP contribution in [0.25, 0.3) is 0 Å². The highest BCUT2D eigenvalue weighted by molar-refractivity contribution is 9.10. The Morgan fingerprint density at radius 1 is 1.43 bits per heavy atom. The van der Waals surface area contributed by atoms with Gasteiger partial charge in [-0.2, -0.15) is 0 Å². The SMILES string of the molecule is Nc1ccc(Br)cc1CCC1CNC1. The predicted octanol–water partition coefficient (Wildman–Crippen LogP) is 2.18. The van der Waals surface area contributed by atoms with Crippen molar-refractivity contribution in [1.29, 1.82) is 0 Å². The first-order chi connectivity index (χ1) is 6.75. The third-order valence-electron chi connectivity index (χ3n) is 2.79. The number of benzene rings is 1. The van der Waals surface area contributed by atoms with Crippen molar-refractivity contribution in [1.82, 2.24) is 5.32 Å². The number of halogens is 1. The van der Waals surface area contributed by atoms with Crippen molar-refractivity contribution in [2.45, 2.75) is 12.8 Å². The topological polar surface area (TPSA) is 38.0 Å². The largest absolute Gasteiger partial charge is 0.399 e. The Kier molecular flexibility index (Phi) is 3.08. The number of nitrogens with two attached hydrogens (primary N) is 1. The summed E-state index contributed by atoms with van der Waals surface area (Å²) < 4.78 is 1.12. The van der Waals surface area contributed by atoms with E-state index in [9.17, 15) is 0 Å². The molecule has 1 aliphatic rings. The molecule has 0 spiro atoms. The van der Waals surface area contributed by atoms with Crippen molar-refractivity contribution in [3.05, 3.63) is 28.2 Å². The van der Waals surface area contributed by atoms with Crippen LogP contribution in [-0.4, -0.2) is 13.1 Å². The van der Waals surface area contributed by atoms with Gasteiger partial charge in [0.15, 0.2) is 0 Å². The standard InChI is InChI=1S/C11H15BrN2/c12-10-3-4-11(13)9(5-10)2-1-8-6-14-7-8/h3-5,8,14H,1-2,6-7,13H2. The summed E-state index contributed by atoms with van der Waals surface area (Å²) in [7, 11) is 0. The number of hydrogen-bond donors (Lipinski definition) is 2. The lowest BCUT2D eigenvalue weighted by atomic mass is 9.94. The molecule has 1 aromatic carbocycles. The van der Waals surface area contributed by atoms with Gasteiger partial charge in [-0.3, -0.25) is 0 Å². The van der Waals surface area contributed by atoms with Crippen LogP contribution in [0, 0.1) is 5.92 Å². The lowest BCUT2D eigenvalue weighted by Crippen LogP contribution is -2.42. The van der Waals surface area contributed by atoms with Gasteiger partial charge in [-0.1, -0.05) is 15.9 Å². The minimum Gasteiger partial charge on any atom is -0.399 e. The Morgan fingerprint density at radius 2 is 2.21 bits per heavy atom. The van der Waals surface area contributed by atoms with E-state index < -0.39 is 0 Å². The fraction of sp³-hybridized carbons (Fsp3) is 0.455. The zero-order chi connectivity index (χ0) is 9.97. The van der Waals surface area contributed by atoms with E-state index in [1.807, 2.05) is 12.1 Å². The van der Waals surface area contributed by atoms with Gasteiger partial charge < -0.3 is 11.1 Å². The van der Waals surface area contributed by atoms with E-state index in [0.717, 1.165) is 22.5 Å². The molecule has 3 heteroatoms. The number of nitrogens with one attached hydrogen (secondary N) is 1. The van der Waals surface area contributed by atoms with Crippen LogP contribution in [0.4, 0.5) is 5.69 Å². The summed E-state index contributed by atoms with van der Waals surface area (Å²) in [5.41, 5.74) is 8.09.